The molecular weight excluding hydrogens is 248 g/mol. The van der Waals surface area contributed by atoms with Crippen LogP contribution in [-0.4, -0.2) is 24.3 Å². The van der Waals surface area contributed by atoms with Crippen molar-refractivity contribution in [2.24, 2.45) is 7.05 Å². The first kappa shape index (κ1) is 11.2. The zero-order valence-corrected chi connectivity index (χ0v) is 11.3. The maximum atomic E-state index is 5.98. The van der Waals surface area contributed by atoms with Gasteiger partial charge in [-0.15, -0.1) is 11.3 Å². The second kappa shape index (κ2) is 3.81. The Morgan fingerprint density at radius 1 is 1.33 bits per heavy atom. The van der Waals surface area contributed by atoms with Crippen LogP contribution in [0.25, 0.3) is 11.2 Å². The monoisotopic (exact) mass is 262 g/mol. The molecule has 2 N–H and O–H groups in total. The highest BCUT2D eigenvalue weighted by Crippen LogP contribution is 2.21. The van der Waals surface area contributed by atoms with Gasteiger partial charge in [0.2, 0.25) is 5.95 Å². The molecule has 0 aliphatic rings. The molecule has 18 heavy (non-hydrogen) atoms. The van der Waals surface area contributed by atoms with E-state index in [1.807, 2.05) is 35.5 Å². The van der Waals surface area contributed by atoms with Gasteiger partial charge in [0.1, 0.15) is 5.52 Å². The Balaban J connectivity index is 2.13. The lowest BCUT2D eigenvalue weighted by atomic mass is 10.4. The van der Waals surface area contributed by atoms with Crippen molar-refractivity contribution in [3.05, 3.63) is 21.8 Å². The lowest BCUT2D eigenvalue weighted by molar-refractivity contribution is 0.720. The number of imidazole rings is 1. The van der Waals surface area contributed by atoms with Crippen molar-refractivity contribution in [1.29, 1.82) is 0 Å². The van der Waals surface area contributed by atoms with Gasteiger partial charge in [-0.05, 0) is 13.8 Å². The fourth-order valence-corrected chi connectivity index (χ4v) is 2.75. The summed E-state index contributed by atoms with van der Waals surface area (Å²) in [7, 11) is 1.90. The topological polar surface area (TPSA) is 74.6 Å². The normalized spacial score (nSPS) is 11.5. The molecule has 0 aliphatic carbocycles. The largest absolute Gasteiger partial charge is 0.369 e. The van der Waals surface area contributed by atoms with E-state index in [9.17, 15) is 0 Å². The van der Waals surface area contributed by atoms with Crippen LogP contribution in [0, 0.1) is 13.8 Å². The van der Waals surface area contributed by atoms with Crippen molar-refractivity contribution in [1.82, 2.24) is 24.3 Å². The standard InChI is InChI=1S/C11H14N6S/c1-6-9-10(16(3)15-6)17(11(12)14-9)4-8-5-18-7(2)13-8/h5H,4H2,1-3H3,(H2,12,14). The molecule has 3 rings (SSSR count). The highest BCUT2D eigenvalue weighted by atomic mass is 32.1. The lowest BCUT2D eigenvalue weighted by Crippen LogP contribution is -2.08. The smallest absolute Gasteiger partial charge is 0.202 e. The number of aromatic nitrogens is 5. The third kappa shape index (κ3) is 1.59. The Kier molecular flexibility index (Phi) is 2.37. The number of thiazole rings is 1. The predicted molar refractivity (Wildman–Crippen MR) is 71.6 cm³/mol. The highest BCUT2D eigenvalue weighted by Gasteiger charge is 2.16. The number of nitrogen functional groups attached to an aromatic ring is 1. The second-order valence-electron chi connectivity index (χ2n) is 4.30. The Hall–Kier alpha value is -1.89. The predicted octanol–water partition coefficient (Wildman–Crippen LogP) is 1.47. The van der Waals surface area contributed by atoms with Crippen LogP contribution in [0.5, 0.6) is 0 Å². The Morgan fingerprint density at radius 3 is 2.78 bits per heavy atom. The lowest BCUT2D eigenvalue weighted by Gasteiger charge is -2.04. The van der Waals surface area contributed by atoms with E-state index in [1.54, 1.807) is 11.3 Å². The first-order chi connectivity index (χ1) is 8.56. The average molecular weight is 262 g/mol. The number of hydrogen-bond acceptors (Lipinski definition) is 5. The number of nitrogens with two attached hydrogens (primary N) is 1. The Morgan fingerprint density at radius 2 is 2.11 bits per heavy atom. The molecular formula is C11H14N6S. The summed E-state index contributed by atoms with van der Waals surface area (Å²) in [5, 5.41) is 7.46. The summed E-state index contributed by atoms with van der Waals surface area (Å²) < 4.78 is 3.76. The molecule has 3 aromatic rings. The van der Waals surface area contributed by atoms with E-state index < -0.39 is 0 Å². The third-order valence-electron chi connectivity index (χ3n) is 2.91. The summed E-state index contributed by atoms with van der Waals surface area (Å²) in [6.07, 6.45) is 0. The van der Waals surface area contributed by atoms with Gasteiger partial charge in [-0.3, -0.25) is 9.25 Å². The van der Waals surface area contributed by atoms with Gasteiger partial charge in [-0.25, -0.2) is 9.97 Å². The number of anilines is 1. The van der Waals surface area contributed by atoms with E-state index in [-0.39, 0.29) is 0 Å². The minimum atomic E-state index is 0.506. The third-order valence-corrected chi connectivity index (χ3v) is 3.73. The number of rotatable bonds is 2. The fraction of sp³-hybridized carbons (Fsp3) is 0.364. The number of aryl methyl sites for hydroxylation is 3. The molecule has 0 bridgehead atoms. The van der Waals surface area contributed by atoms with E-state index in [0.29, 0.717) is 12.5 Å². The molecule has 3 heterocycles. The highest BCUT2D eigenvalue weighted by molar-refractivity contribution is 7.09. The van der Waals surface area contributed by atoms with Gasteiger partial charge < -0.3 is 5.73 Å². The van der Waals surface area contributed by atoms with Crippen LogP contribution < -0.4 is 5.73 Å². The minimum absolute atomic E-state index is 0.506. The van der Waals surface area contributed by atoms with E-state index in [4.69, 9.17) is 5.73 Å². The molecule has 0 aliphatic heterocycles. The van der Waals surface area contributed by atoms with Crippen LogP contribution in [0.1, 0.15) is 16.4 Å². The number of fused-ring (bicyclic) bond motifs is 1. The minimum Gasteiger partial charge on any atom is -0.369 e. The van der Waals surface area contributed by atoms with Gasteiger partial charge in [0, 0.05) is 12.4 Å². The number of hydrogen-bond donors (Lipinski definition) is 1. The maximum Gasteiger partial charge on any atom is 0.202 e. The van der Waals surface area contributed by atoms with Crippen molar-refractivity contribution in [2.75, 3.05) is 5.73 Å². The quantitative estimate of drug-likeness (QED) is 0.759. The molecule has 0 radical (unpaired) electrons. The maximum absolute atomic E-state index is 5.98. The van der Waals surface area contributed by atoms with Gasteiger partial charge in [-0.2, -0.15) is 5.10 Å². The van der Waals surface area contributed by atoms with Crippen LogP contribution in [0.4, 0.5) is 5.95 Å². The van der Waals surface area contributed by atoms with E-state index in [2.05, 4.69) is 15.1 Å². The first-order valence-electron chi connectivity index (χ1n) is 5.62. The van der Waals surface area contributed by atoms with Crippen molar-refractivity contribution in [3.8, 4) is 0 Å². The molecule has 0 aromatic carbocycles. The van der Waals surface area contributed by atoms with Crippen LogP contribution in [0.3, 0.4) is 0 Å². The zero-order valence-electron chi connectivity index (χ0n) is 10.5. The summed E-state index contributed by atoms with van der Waals surface area (Å²) in [5.74, 6) is 0.506. The number of nitrogens with zero attached hydrogens (tertiary/aromatic N) is 5. The van der Waals surface area contributed by atoms with Gasteiger partial charge in [0.05, 0.1) is 22.9 Å². The molecule has 0 atom stereocenters. The average Bonchev–Trinajstić information content (AvgIpc) is 2.91. The Labute approximate surface area is 108 Å². The zero-order chi connectivity index (χ0) is 12.9. The van der Waals surface area contributed by atoms with Crippen LogP contribution in [0.2, 0.25) is 0 Å². The second-order valence-corrected chi connectivity index (χ2v) is 5.36. The molecule has 0 saturated heterocycles. The van der Waals surface area contributed by atoms with Gasteiger partial charge in [0.15, 0.2) is 5.65 Å². The molecule has 0 fully saturated rings. The van der Waals surface area contributed by atoms with E-state index >= 15 is 0 Å². The SMILES string of the molecule is Cc1nc(Cn2c(N)nc3c(C)nn(C)c32)cs1. The Bertz CT molecular complexity index is 719. The molecule has 7 heteroatoms. The summed E-state index contributed by atoms with van der Waals surface area (Å²) >= 11 is 1.64. The summed E-state index contributed by atoms with van der Waals surface area (Å²) in [6, 6.07) is 0. The van der Waals surface area contributed by atoms with E-state index in [0.717, 1.165) is 27.6 Å². The fourth-order valence-electron chi connectivity index (χ4n) is 2.15. The summed E-state index contributed by atoms with van der Waals surface area (Å²) in [4.78, 5) is 8.82. The van der Waals surface area contributed by atoms with Crippen LogP contribution >= 0.6 is 11.3 Å². The van der Waals surface area contributed by atoms with Gasteiger partial charge in [0.25, 0.3) is 0 Å². The first-order valence-corrected chi connectivity index (χ1v) is 6.50. The van der Waals surface area contributed by atoms with Crippen molar-refractivity contribution >= 4 is 28.4 Å². The van der Waals surface area contributed by atoms with Crippen LogP contribution in [-0.2, 0) is 13.6 Å². The van der Waals surface area contributed by atoms with Crippen molar-refractivity contribution < 1.29 is 0 Å². The molecule has 0 saturated carbocycles. The molecule has 0 spiro atoms. The van der Waals surface area contributed by atoms with Crippen LogP contribution in [0.15, 0.2) is 5.38 Å². The molecule has 0 unspecified atom stereocenters. The summed E-state index contributed by atoms with van der Waals surface area (Å²) in [5.41, 5.74) is 9.68. The molecule has 94 valence electrons. The summed E-state index contributed by atoms with van der Waals surface area (Å²) in [6.45, 7) is 4.56. The molecule has 6 nitrogen and oxygen atoms in total. The molecule has 3 aromatic heterocycles. The van der Waals surface area contributed by atoms with Gasteiger partial charge in [-0.1, -0.05) is 0 Å². The van der Waals surface area contributed by atoms with E-state index in [1.165, 1.54) is 0 Å². The molecule has 0 amide bonds. The van der Waals surface area contributed by atoms with Gasteiger partial charge >= 0.3 is 0 Å². The van der Waals surface area contributed by atoms with Crippen molar-refractivity contribution in [2.45, 2.75) is 20.4 Å². The van der Waals surface area contributed by atoms with Crippen molar-refractivity contribution in [3.63, 3.8) is 0 Å².